The second-order valence-electron chi connectivity index (χ2n) is 4.56. The third kappa shape index (κ3) is 4.89. The fraction of sp³-hybridized carbons (Fsp3) is 0.188. The summed E-state index contributed by atoms with van der Waals surface area (Å²) in [6.45, 7) is 2.46. The van der Waals surface area contributed by atoms with Crippen molar-refractivity contribution in [2.75, 3.05) is 12.0 Å². The van der Waals surface area contributed by atoms with Crippen molar-refractivity contribution in [3.05, 3.63) is 58.6 Å². The molecule has 7 heteroatoms. The SMILES string of the molecule is CCOc1ccc(/C=N\Nc2cc(C(F)(F)F)ccc2Cl)cc1. The molecule has 0 radical (unpaired) electrons. The first-order valence-electron chi connectivity index (χ1n) is 6.79. The third-order valence-corrected chi connectivity index (χ3v) is 3.21. The van der Waals surface area contributed by atoms with Crippen molar-refractivity contribution in [3.63, 3.8) is 0 Å². The minimum Gasteiger partial charge on any atom is -0.494 e. The first kappa shape index (κ1) is 17.1. The van der Waals surface area contributed by atoms with Crippen molar-refractivity contribution in [1.29, 1.82) is 0 Å². The predicted molar refractivity (Wildman–Crippen MR) is 85.3 cm³/mol. The molecule has 2 rings (SSSR count). The quantitative estimate of drug-likeness (QED) is 0.598. The molecule has 0 aliphatic carbocycles. The molecule has 1 N–H and O–H groups in total. The topological polar surface area (TPSA) is 33.6 Å². The van der Waals surface area contributed by atoms with Gasteiger partial charge in [0.15, 0.2) is 0 Å². The number of nitrogens with one attached hydrogen (secondary N) is 1. The zero-order chi connectivity index (χ0) is 16.9. The number of halogens is 4. The van der Waals surface area contributed by atoms with Gasteiger partial charge in [0.1, 0.15) is 5.75 Å². The van der Waals surface area contributed by atoms with Crippen LogP contribution in [0.15, 0.2) is 47.6 Å². The second kappa shape index (κ2) is 7.37. The van der Waals surface area contributed by atoms with Crippen molar-refractivity contribution >= 4 is 23.5 Å². The molecule has 0 amide bonds. The summed E-state index contributed by atoms with van der Waals surface area (Å²) in [5.41, 5.74) is 2.58. The normalized spacial score (nSPS) is 11.7. The van der Waals surface area contributed by atoms with Crippen LogP contribution in [-0.4, -0.2) is 12.8 Å². The van der Waals surface area contributed by atoms with E-state index < -0.39 is 11.7 Å². The average Bonchev–Trinajstić information content (AvgIpc) is 2.50. The average molecular weight is 343 g/mol. The molecule has 0 aliphatic rings. The van der Waals surface area contributed by atoms with Gasteiger partial charge in [-0.05, 0) is 55.0 Å². The summed E-state index contributed by atoms with van der Waals surface area (Å²) in [5.74, 6) is 0.735. The van der Waals surface area contributed by atoms with E-state index in [2.05, 4.69) is 10.5 Å². The highest BCUT2D eigenvalue weighted by atomic mass is 35.5. The molecule has 0 saturated heterocycles. The van der Waals surface area contributed by atoms with E-state index in [-0.39, 0.29) is 10.7 Å². The first-order valence-corrected chi connectivity index (χ1v) is 7.16. The molecule has 3 nitrogen and oxygen atoms in total. The molecule has 0 aliphatic heterocycles. The Hall–Kier alpha value is -2.21. The lowest BCUT2D eigenvalue weighted by Gasteiger charge is -2.09. The number of rotatable bonds is 5. The summed E-state index contributed by atoms with van der Waals surface area (Å²) in [5, 5.41) is 4.06. The Labute approximate surface area is 136 Å². The molecule has 0 saturated carbocycles. The van der Waals surface area contributed by atoms with Gasteiger partial charge in [0.25, 0.3) is 0 Å². The third-order valence-electron chi connectivity index (χ3n) is 2.88. The summed E-state index contributed by atoms with van der Waals surface area (Å²) in [4.78, 5) is 0. The van der Waals surface area contributed by atoms with Crippen LogP contribution in [0.5, 0.6) is 5.75 Å². The van der Waals surface area contributed by atoms with Gasteiger partial charge in [-0.2, -0.15) is 18.3 Å². The maximum atomic E-state index is 12.7. The largest absolute Gasteiger partial charge is 0.494 e. The van der Waals surface area contributed by atoms with Gasteiger partial charge in [0, 0.05) is 0 Å². The number of benzene rings is 2. The van der Waals surface area contributed by atoms with Gasteiger partial charge in [-0.1, -0.05) is 11.6 Å². The van der Waals surface area contributed by atoms with Gasteiger partial charge in [0.05, 0.1) is 29.1 Å². The van der Waals surface area contributed by atoms with Crippen molar-refractivity contribution < 1.29 is 17.9 Å². The van der Waals surface area contributed by atoms with Gasteiger partial charge in [-0.25, -0.2) is 0 Å². The van der Waals surface area contributed by atoms with Crippen LogP contribution in [0.1, 0.15) is 18.1 Å². The number of ether oxygens (including phenoxy) is 1. The van der Waals surface area contributed by atoms with Crippen molar-refractivity contribution in [1.82, 2.24) is 0 Å². The Balaban J connectivity index is 2.07. The van der Waals surface area contributed by atoms with E-state index in [0.717, 1.165) is 23.4 Å². The molecule has 0 spiro atoms. The number of anilines is 1. The van der Waals surface area contributed by atoms with Crippen LogP contribution in [0.4, 0.5) is 18.9 Å². The molecule has 2 aromatic carbocycles. The molecule has 122 valence electrons. The molecule has 0 aromatic heterocycles. The molecule has 0 bridgehead atoms. The number of hydrogen-bond acceptors (Lipinski definition) is 3. The van der Waals surface area contributed by atoms with Crippen LogP contribution in [-0.2, 0) is 6.18 Å². The van der Waals surface area contributed by atoms with E-state index >= 15 is 0 Å². The highest BCUT2D eigenvalue weighted by Crippen LogP contribution is 2.33. The van der Waals surface area contributed by atoms with Gasteiger partial charge in [0.2, 0.25) is 0 Å². The summed E-state index contributed by atoms with van der Waals surface area (Å²) in [6, 6.07) is 10.1. The maximum Gasteiger partial charge on any atom is 0.416 e. The minimum atomic E-state index is -4.43. The van der Waals surface area contributed by atoms with Crippen LogP contribution in [0.2, 0.25) is 5.02 Å². The minimum absolute atomic E-state index is 0.0867. The van der Waals surface area contributed by atoms with Gasteiger partial charge in [-0.15, -0.1) is 0 Å². The first-order chi connectivity index (χ1) is 10.9. The summed E-state index contributed by atoms with van der Waals surface area (Å²) < 4.78 is 43.3. The van der Waals surface area contributed by atoms with Crippen LogP contribution in [0, 0.1) is 0 Å². The maximum absolute atomic E-state index is 12.7. The van der Waals surface area contributed by atoms with Gasteiger partial charge < -0.3 is 4.74 Å². The van der Waals surface area contributed by atoms with E-state index in [0.29, 0.717) is 6.61 Å². The number of hydrazone groups is 1. The van der Waals surface area contributed by atoms with Gasteiger partial charge >= 0.3 is 6.18 Å². The summed E-state index contributed by atoms with van der Waals surface area (Å²) >= 11 is 5.86. The van der Waals surface area contributed by atoms with Crippen molar-refractivity contribution in [2.24, 2.45) is 5.10 Å². The van der Waals surface area contributed by atoms with Gasteiger partial charge in [-0.3, -0.25) is 5.43 Å². The molecule has 23 heavy (non-hydrogen) atoms. The van der Waals surface area contributed by atoms with E-state index in [1.807, 2.05) is 6.92 Å². The van der Waals surface area contributed by atoms with E-state index in [1.54, 1.807) is 24.3 Å². The van der Waals surface area contributed by atoms with Crippen molar-refractivity contribution in [2.45, 2.75) is 13.1 Å². The molecule has 2 aromatic rings. The standard InChI is InChI=1S/C16H14ClF3N2O/c1-2-23-13-6-3-11(4-7-13)10-21-22-15-9-12(16(18,19)20)5-8-14(15)17/h3-10,22H,2H2,1H3/b21-10-. The lowest BCUT2D eigenvalue weighted by Crippen LogP contribution is -2.05. The second-order valence-corrected chi connectivity index (χ2v) is 4.97. The molecule has 0 heterocycles. The van der Waals surface area contributed by atoms with E-state index in [9.17, 15) is 13.2 Å². The van der Waals surface area contributed by atoms with E-state index in [1.165, 1.54) is 12.3 Å². The molecule has 0 atom stereocenters. The van der Waals surface area contributed by atoms with Crippen LogP contribution < -0.4 is 10.2 Å². The Kier molecular flexibility index (Phi) is 5.50. The Bertz CT molecular complexity index is 685. The van der Waals surface area contributed by atoms with E-state index in [4.69, 9.17) is 16.3 Å². The fourth-order valence-electron chi connectivity index (χ4n) is 1.78. The highest BCUT2D eigenvalue weighted by Gasteiger charge is 2.30. The Morgan fingerprint density at radius 2 is 1.87 bits per heavy atom. The number of hydrogen-bond donors (Lipinski definition) is 1. The molecular weight excluding hydrogens is 329 g/mol. The Morgan fingerprint density at radius 1 is 1.17 bits per heavy atom. The van der Waals surface area contributed by atoms with Crippen molar-refractivity contribution in [3.8, 4) is 5.75 Å². The summed E-state index contributed by atoms with van der Waals surface area (Å²) in [7, 11) is 0. The summed E-state index contributed by atoms with van der Waals surface area (Å²) in [6.07, 6.45) is -2.95. The zero-order valence-corrected chi connectivity index (χ0v) is 12.9. The zero-order valence-electron chi connectivity index (χ0n) is 12.2. The smallest absolute Gasteiger partial charge is 0.416 e. The fourth-order valence-corrected chi connectivity index (χ4v) is 1.94. The van der Waals surface area contributed by atoms with Crippen LogP contribution >= 0.6 is 11.6 Å². The van der Waals surface area contributed by atoms with Crippen LogP contribution in [0.25, 0.3) is 0 Å². The number of nitrogens with zero attached hydrogens (tertiary/aromatic N) is 1. The molecule has 0 fully saturated rings. The molecular formula is C16H14ClF3N2O. The van der Waals surface area contributed by atoms with Crippen LogP contribution in [0.3, 0.4) is 0 Å². The lowest BCUT2D eigenvalue weighted by molar-refractivity contribution is -0.137. The monoisotopic (exact) mass is 342 g/mol. The predicted octanol–water partition coefficient (Wildman–Crippen LogP) is 5.20. The molecule has 0 unspecified atom stereocenters. The highest BCUT2D eigenvalue weighted by molar-refractivity contribution is 6.33. The Morgan fingerprint density at radius 3 is 2.48 bits per heavy atom. The lowest BCUT2D eigenvalue weighted by atomic mass is 10.2. The number of alkyl halides is 3.